The van der Waals surface area contributed by atoms with Crippen molar-refractivity contribution in [2.75, 3.05) is 31.1 Å². The summed E-state index contributed by atoms with van der Waals surface area (Å²) >= 11 is 0. The van der Waals surface area contributed by atoms with Gasteiger partial charge in [0.25, 0.3) is 0 Å². The van der Waals surface area contributed by atoms with Gasteiger partial charge in [-0.2, -0.15) is 13.2 Å². The molecule has 0 saturated carbocycles. The Morgan fingerprint density at radius 2 is 1.75 bits per heavy atom. The first-order valence-electron chi connectivity index (χ1n) is 9.17. The van der Waals surface area contributed by atoms with Crippen molar-refractivity contribution in [1.29, 1.82) is 0 Å². The molecule has 1 aromatic rings. The molecule has 10 heteroatoms. The van der Waals surface area contributed by atoms with E-state index in [1.54, 1.807) is 12.4 Å². The molecule has 2 saturated heterocycles. The number of carbonyl (C=O) groups excluding carboxylic acids is 1. The van der Waals surface area contributed by atoms with Crippen molar-refractivity contribution < 1.29 is 27.9 Å². The summed E-state index contributed by atoms with van der Waals surface area (Å²) in [6.07, 6.45) is 0.308. The van der Waals surface area contributed by atoms with Crippen molar-refractivity contribution in [3.8, 4) is 0 Å². The number of piperidine rings is 1. The van der Waals surface area contributed by atoms with Gasteiger partial charge in [-0.3, -0.25) is 4.79 Å². The number of aromatic nitrogens is 2. The van der Waals surface area contributed by atoms with E-state index in [1.165, 1.54) is 0 Å². The number of fused-ring (bicyclic) bond motifs is 1. The van der Waals surface area contributed by atoms with Gasteiger partial charge >= 0.3 is 12.1 Å². The Morgan fingerprint density at radius 1 is 1.18 bits per heavy atom. The predicted octanol–water partition coefficient (Wildman–Crippen LogP) is 2.44. The molecule has 1 aromatic heterocycles. The Kier molecular flexibility index (Phi) is 7.20. The van der Waals surface area contributed by atoms with E-state index in [2.05, 4.69) is 33.6 Å². The number of halogens is 3. The quantitative estimate of drug-likeness (QED) is 0.836. The normalized spacial score (nSPS) is 21.8. The summed E-state index contributed by atoms with van der Waals surface area (Å²) in [5, 5.41) is 7.12. The Balaban J connectivity index is 0.000000345. The molecule has 2 aliphatic heterocycles. The fourth-order valence-electron chi connectivity index (χ4n) is 3.49. The lowest BCUT2D eigenvalue weighted by molar-refractivity contribution is -0.192. The van der Waals surface area contributed by atoms with Crippen LogP contribution in [0.5, 0.6) is 0 Å². The molecule has 3 heterocycles. The van der Waals surface area contributed by atoms with E-state index < -0.39 is 12.1 Å². The van der Waals surface area contributed by atoms with Crippen LogP contribution in [0.15, 0.2) is 18.5 Å². The number of anilines is 1. The van der Waals surface area contributed by atoms with Crippen LogP contribution in [0.2, 0.25) is 0 Å². The average Bonchev–Trinajstić information content (AvgIpc) is 3.05. The number of hydrogen-bond donors (Lipinski definition) is 1. The second-order valence-electron chi connectivity index (χ2n) is 7.50. The number of rotatable bonds is 3. The van der Waals surface area contributed by atoms with Crippen LogP contribution in [0.25, 0.3) is 0 Å². The van der Waals surface area contributed by atoms with E-state index in [9.17, 15) is 18.0 Å². The van der Waals surface area contributed by atoms with Crippen LogP contribution >= 0.6 is 0 Å². The molecule has 0 unspecified atom stereocenters. The molecule has 0 aliphatic carbocycles. The minimum Gasteiger partial charge on any atom is -0.475 e. The maximum atomic E-state index is 12.2. The Bertz CT molecular complexity index is 670. The van der Waals surface area contributed by atoms with Gasteiger partial charge in [0.2, 0.25) is 11.9 Å². The number of carboxylic acids is 1. The van der Waals surface area contributed by atoms with Gasteiger partial charge in [-0.15, -0.1) is 0 Å². The third-order valence-corrected chi connectivity index (χ3v) is 4.81. The minimum atomic E-state index is -5.08. The maximum absolute atomic E-state index is 12.2. The third kappa shape index (κ3) is 6.07. The van der Waals surface area contributed by atoms with Gasteiger partial charge < -0.3 is 14.9 Å². The first kappa shape index (κ1) is 21.9. The van der Waals surface area contributed by atoms with Crippen LogP contribution in [-0.2, 0) is 9.59 Å². The molecular weight excluding hydrogens is 377 g/mol. The summed E-state index contributed by atoms with van der Waals surface area (Å²) in [6, 6.07) is 1.85. The largest absolute Gasteiger partial charge is 0.490 e. The number of carbonyl (C=O) groups is 2. The number of hydrogen-bond acceptors (Lipinski definition) is 5. The number of aliphatic carboxylic acids is 1. The summed E-state index contributed by atoms with van der Waals surface area (Å²) in [5.41, 5.74) is 0. The van der Waals surface area contributed by atoms with Crippen molar-refractivity contribution in [3.63, 3.8) is 0 Å². The Morgan fingerprint density at radius 3 is 2.29 bits per heavy atom. The summed E-state index contributed by atoms with van der Waals surface area (Å²) < 4.78 is 31.7. The van der Waals surface area contributed by atoms with Crippen molar-refractivity contribution in [2.45, 2.75) is 32.9 Å². The first-order chi connectivity index (χ1) is 13.1. The number of alkyl halides is 3. The third-order valence-electron chi connectivity index (χ3n) is 4.81. The molecule has 7 nitrogen and oxygen atoms in total. The first-order valence-corrected chi connectivity index (χ1v) is 9.17. The summed E-state index contributed by atoms with van der Waals surface area (Å²) in [4.78, 5) is 34.2. The molecule has 1 amide bonds. The molecule has 28 heavy (non-hydrogen) atoms. The minimum absolute atomic E-state index is 0.321. The molecule has 0 bridgehead atoms. The second-order valence-corrected chi connectivity index (χ2v) is 7.50. The van der Waals surface area contributed by atoms with Gasteiger partial charge in [0.1, 0.15) is 0 Å². The zero-order valence-corrected chi connectivity index (χ0v) is 15.9. The van der Waals surface area contributed by atoms with Gasteiger partial charge in [0.15, 0.2) is 0 Å². The van der Waals surface area contributed by atoms with Gasteiger partial charge in [-0.1, -0.05) is 13.8 Å². The van der Waals surface area contributed by atoms with Crippen LogP contribution in [0.1, 0.15) is 26.7 Å². The zero-order chi connectivity index (χ0) is 20.9. The van der Waals surface area contributed by atoms with Crippen molar-refractivity contribution in [1.82, 2.24) is 14.9 Å². The second kappa shape index (κ2) is 9.20. The highest BCUT2D eigenvalue weighted by Crippen LogP contribution is 2.32. The molecule has 2 atom stereocenters. The van der Waals surface area contributed by atoms with Gasteiger partial charge in [-0.05, 0) is 30.2 Å². The predicted molar refractivity (Wildman–Crippen MR) is 95.6 cm³/mol. The molecule has 3 rings (SSSR count). The Hall–Kier alpha value is -2.39. The zero-order valence-electron chi connectivity index (χ0n) is 15.9. The SMILES string of the molecule is CC(C)CC(=O)N1C[C@@H]2CCN(c3ncccn3)C[C@@H]2C1.O=C(O)C(F)(F)F. The number of amides is 1. The van der Waals surface area contributed by atoms with Crippen molar-refractivity contribution in [3.05, 3.63) is 18.5 Å². The monoisotopic (exact) mass is 402 g/mol. The molecule has 2 fully saturated rings. The number of likely N-dealkylation sites (tertiary alicyclic amines) is 1. The van der Waals surface area contributed by atoms with Crippen LogP contribution in [0, 0.1) is 17.8 Å². The lowest BCUT2D eigenvalue weighted by Gasteiger charge is -2.34. The smallest absolute Gasteiger partial charge is 0.475 e. The van der Waals surface area contributed by atoms with Crippen LogP contribution in [0.4, 0.5) is 19.1 Å². The summed E-state index contributed by atoms with van der Waals surface area (Å²) in [7, 11) is 0. The van der Waals surface area contributed by atoms with Gasteiger partial charge in [0, 0.05) is 45.0 Å². The lowest BCUT2D eigenvalue weighted by atomic mass is 9.89. The van der Waals surface area contributed by atoms with E-state index >= 15 is 0 Å². The number of carboxylic acid groups (broad SMARTS) is 1. The van der Waals surface area contributed by atoms with Gasteiger partial charge in [0.05, 0.1) is 0 Å². The molecule has 0 aromatic carbocycles. The van der Waals surface area contributed by atoms with E-state index in [4.69, 9.17) is 9.90 Å². The average molecular weight is 402 g/mol. The molecule has 1 N–H and O–H groups in total. The molecular formula is C18H25F3N4O3. The standard InChI is InChI=1S/C16H24N4O.C2HF3O2/c1-12(2)8-15(21)20-9-13-4-7-19(10-14(13)11-20)16-17-5-3-6-18-16;3-2(4,5)1(6)7/h3,5-6,12-14H,4,7-11H2,1-2H3;(H,6,7)/t13-,14+;/m0./s1. The van der Waals surface area contributed by atoms with Gasteiger partial charge in [-0.25, -0.2) is 14.8 Å². The van der Waals surface area contributed by atoms with Crippen molar-refractivity contribution >= 4 is 17.8 Å². The van der Waals surface area contributed by atoms with Crippen LogP contribution < -0.4 is 4.90 Å². The highest BCUT2D eigenvalue weighted by atomic mass is 19.4. The maximum Gasteiger partial charge on any atom is 0.490 e. The van der Waals surface area contributed by atoms with E-state index in [1.807, 2.05) is 6.07 Å². The summed E-state index contributed by atoms with van der Waals surface area (Å²) in [6.45, 7) is 8.03. The fourth-order valence-corrected chi connectivity index (χ4v) is 3.49. The van der Waals surface area contributed by atoms with Crippen LogP contribution in [0.3, 0.4) is 0 Å². The summed E-state index contributed by atoms with van der Waals surface area (Å²) in [5.74, 6) is 0.0476. The molecule has 0 radical (unpaired) electrons. The highest BCUT2D eigenvalue weighted by molar-refractivity contribution is 5.76. The van der Waals surface area contributed by atoms with Crippen LogP contribution in [-0.4, -0.2) is 64.2 Å². The Labute approximate surface area is 161 Å². The molecule has 156 valence electrons. The fraction of sp³-hybridized carbons (Fsp3) is 0.667. The van der Waals surface area contributed by atoms with E-state index in [-0.39, 0.29) is 0 Å². The molecule has 2 aliphatic rings. The lowest BCUT2D eigenvalue weighted by Crippen LogP contribution is -2.40. The highest BCUT2D eigenvalue weighted by Gasteiger charge is 2.39. The molecule has 0 spiro atoms. The van der Waals surface area contributed by atoms with Crippen molar-refractivity contribution in [2.24, 2.45) is 17.8 Å². The van der Waals surface area contributed by atoms with E-state index in [0.29, 0.717) is 30.1 Å². The van der Waals surface area contributed by atoms with E-state index in [0.717, 1.165) is 38.5 Å². The number of nitrogens with zero attached hydrogens (tertiary/aromatic N) is 4. The topological polar surface area (TPSA) is 86.6 Å².